The number of phenolic OH excluding ortho intramolecular Hbond substituents is 1. The lowest BCUT2D eigenvalue weighted by Gasteiger charge is -2.55. The van der Waals surface area contributed by atoms with E-state index in [0.29, 0.717) is 22.3 Å². The summed E-state index contributed by atoms with van der Waals surface area (Å²) in [5, 5.41) is 21.4. The van der Waals surface area contributed by atoms with Crippen molar-refractivity contribution in [3.8, 4) is 11.5 Å². The van der Waals surface area contributed by atoms with Crippen LogP contribution in [-0.2, 0) is 24.6 Å². The van der Waals surface area contributed by atoms with Gasteiger partial charge in [-0.15, -0.1) is 0 Å². The maximum atomic E-state index is 15.1. The van der Waals surface area contributed by atoms with Crippen molar-refractivity contribution in [1.29, 1.82) is 0 Å². The molecule has 3 aliphatic carbocycles. The molecule has 2 amide bonds. The second kappa shape index (κ2) is 12.1. The highest BCUT2D eigenvalue weighted by Gasteiger charge is 2.66. The third kappa shape index (κ3) is 4.64. The fraction of sp³-hybridized carbons (Fsp3) is 0.214. The Labute approximate surface area is 293 Å². The summed E-state index contributed by atoms with van der Waals surface area (Å²) in [7, 11) is 1.43. The van der Waals surface area contributed by atoms with Gasteiger partial charge in [0.25, 0.3) is 0 Å². The van der Waals surface area contributed by atoms with Crippen molar-refractivity contribution in [3.63, 3.8) is 0 Å². The second-order valence-electron chi connectivity index (χ2n) is 13.6. The van der Waals surface area contributed by atoms with E-state index in [2.05, 4.69) is 0 Å². The Morgan fingerprint density at radius 1 is 0.843 bits per heavy atom. The van der Waals surface area contributed by atoms with E-state index in [1.807, 2.05) is 42.5 Å². The number of carboxylic acids is 1. The molecule has 51 heavy (non-hydrogen) atoms. The minimum Gasteiger partial charge on any atom is -0.504 e. The maximum absolute atomic E-state index is 15.1. The number of carboxylic acid groups (broad SMARTS) is 1. The molecule has 8 rings (SSSR count). The lowest BCUT2D eigenvalue weighted by molar-refractivity contribution is -0.135. The first-order valence-electron chi connectivity index (χ1n) is 16.9. The van der Waals surface area contributed by atoms with E-state index in [9.17, 15) is 24.6 Å². The molecule has 254 valence electrons. The fourth-order valence-corrected chi connectivity index (χ4v) is 9.19. The Kier molecular flexibility index (Phi) is 7.59. The maximum Gasteiger partial charge on any atom is 0.335 e. The van der Waals surface area contributed by atoms with Crippen LogP contribution in [0.15, 0.2) is 121 Å². The molecule has 4 aromatic rings. The molecule has 2 N–H and O–H groups in total. The second-order valence-corrected chi connectivity index (χ2v) is 13.6. The highest BCUT2D eigenvalue weighted by molar-refractivity contribution is 6.32. The number of ether oxygens (including phenoxy) is 1. The number of benzene rings is 4. The van der Waals surface area contributed by atoms with Crippen molar-refractivity contribution in [2.75, 3.05) is 12.0 Å². The number of carbonyl (C=O) groups is 5. The predicted octanol–water partition coefficient (Wildman–Crippen LogP) is 6.13. The zero-order chi connectivity index (χ0) is 35.6. The Balaban J connectivity index is 1.36. The van der Waals surface area contributed by atoms with Gasteiger partial charge in [0.1, 0.15) is 0 Å². The number of anilines is 1. The van der Waals surface area contributed by atoms with Crippen molar-refractivity contribution in [2.24, 2.45) is 23.7 Å². The summed E-state index contributed by atoms with van der Waals surface area (Å²) in [6.07, 6.45) is 3.62. The number of para-hydroxylation sites is 1. The summed E-state index contributed by atoms with van der Waals surface area (Å²) in [5.41, 5.74) is 1.13. The molecule has 9 nitrogen and oxygen atoms in total. The van der Waals surface area contributed by atoms with Crippen molar-refractivity contribution in [2.45, 2.75) is 24.2 Å². The van der Waals surface area contributed by atoms with Gasteiger partial charge >= 0.3 is 5.97 Å². The van der Waals surface area contributed by atoms with E-state index in [4.69, 9.17) is 4.74 Å². The van der Waals surface area contributed by atoms with E-state index < -0.39 is 52.8 Å². The summed E-state index contributed by atoms with van der Waals surface area (Å²) in [6.45, 7) is 0. The molecule has 0 spiro atoms. The Hall–Kier alpha value is -6.09. The molecule has 9 heteroatoms. The normalized spacial score (nSPS) is 26.8. The first-order valence-corrected chi connectivity index (χ1v) is 16.9. The van der Waals surface area contributed by atoms with Gasteiger partial charge < -0.3 is 14.9 Å². The molecule has 1 saturated heterocycles. The number of Topliss-reactive ketones (excluding diaryl/α,β-unsaturated/α-hetero) is 1. The largest absolute Gasteiger partial charge is 0.504 e. The SMILES string of the molecule is COc1cccc(C2C3=CCC4C(=O)N(c5cccc(C(=O)O)c5)C(=O)C4C3CC3C(=O)C(c4ccccc4)=CC(=O)C32c2ccccc2)c1O. The molecule has 6 unspecified atom stereocenters. The fourth-order valence-electron chi connectivity index (χ4n) is 9.19. The molecule has 0 aromatic heterocycles. The van der Waals surface area contributed by atoms with Crippen LogP contribution in [-0.4, -0.2) is 46.7 Å². The third-order valence-corrected chi connectivity index (χ3v) is 11.3. The van der Waals surface area contributed by atoms with E-state index >= 15 is 9.59 Å². The number of amides is 2. The first kappa shape index (κ1) is 32.1. The average molecular weight is 680 g/mol. The zero-order valence-electron chi connectivity index (χ0n) is 27.6. The van der Waals surface area contributed by atoms with Gasteiger partial charge in [-0.3, -0.25) is 24.1 Å². The van der Waals surface area contributed by atoms with Gasteiger partial charge in [0.2, 0.25) is 11.8 Å². The van der Waals surface area contributed by atoms with Crippen LogP contribution < -0.4 is 9.64 Å². The third-order valence-electron chi connectivity index (χ3n) is 11.3. The highest BCUT2D eigenvalue weighted by atomic mass is 16.5. The smallest absolute Gasteiger partial charge is 0.335 e. The van der Waals surface area contributed by atoms with Gasteiger partial charge in [0, 0.05) is 23.0 Å². The number of ketones is 2. The van der Waals surface area contributed by atoms with Gasteiger partial charge in [-0.25, -0.2) is 4.79 Å². The van der Waals surface area contributed by atoms with Gasteiger partial charge in [0.05, 0.1) is 35.6 Å². The van der Waals surface area contributed by atoms with E-state index in [0.717, 1.165) is 4.90 Å². The Bertz CT molecular complexity index is 2210. The van der Waals surface area contributed by atoms with Crippen molar-refractivity contribution < 1.29 is 38.9 Å². The number of hydrogen-bond donors (Lipinski definition) is 2. The number of methoxy groups -OCH3 is 1. The van der Waals surface area contributed by atoms with Crippen molar-refractivity contribution >= 4 is 40.6 Å². The number of imide groups is 1. The van der Waals surface area contributed by atoms with Gasteiger partial charge in [0.15, 0.2) is 23.1 Å². The first-order chi connectivity index (χ1) is 24.7. The standard InChI is InChI=1S/C42H33NO8/c1-51-33-17-9-16-29(38(33)46)36-27-18-19-28-35(40(48)43(39(28)47)26-15-8-12-24(20-26)41(49)50)31(27)21-32-37(45)30(23-10-4-2-5-11-23)22-34(44)42(32,36)25-13-6-3-7-14-25/h2-18,20,22,28,31-32,35-36,46H,19,21H2,1H3,(H,49,50). The number of allylic oxidation sites excluding steroid dienone is 4. The zero-order valence-corrected chi connectivity index (χ0v) is 27.6. The van der Waals surface area contributed by atoms with Crippen LogP contribution >= 0.6 is 0 Å². The average Bonchev–Trinajstić information content (AvgIpc) is 3.42. The van der Waals surface area contributed by atoms with Crippen LogP contribution in [0, 0.1) is 23.7 Å². The molecule has 1 saturated carbocycles. The van der Waals surface area contributed by atoms with Crippen molar-refractivity contribution in [1.82, 2.24) is 0 Å². The molecular weight excluding hydrogens is 646 g/mol. The summed E-state index contributed by atoms with van der Waals surface area (Å²) in [4.78, 5) is 71.6. The molecule has 4 aromatic carbocycles. The highest BCUT2D eigenvalue weighted by Crippen LogP contribution is 2.65. The van der Waals surface area contributed by atoms with E-state index in [1.165, 1.54) is 37.5 Å². The number of fused-ring (bicyclic) bond motifs is 4. The van der Waals surface area contributed by atoms with Crippen LogP contribution in [0.5, 0.6) is 11.5 Å². The van der Waals surface area contributed by atoms with Crippen LogP contribution in [0.4, 0.5) is 5.69 Å². The number of rotatable bonds is 6. The number of nitrogens with zero attached hydrogens (tertiary/aromatic N) is 1. The van der Waals surface area contributed by atoms with Gasteiger partial charge in [-0.2, -0.15) is 0 Å². The molecule has 0 bridgehead atoms. The van der Waals surface area contributed by atoms with Crippen molar-refractivity contribution in [3.05, 3.63) is 143 Å². The van der Waals surface area contributed by atoms with Crippen LogP contribution in [0.1, 0.15) is 45.8 Å². The monoisotopic (exact) mass is 679 g/mol. The summed E-state index contributed by atoms with van der Waals surface area (Å²) < 4.78 is 5.52. The quantitative estimate of drug-likeness (QED) is 0.184. The molecule has 1 aliphatic heterocycles. The number of phenols is 1. The molecule has 6 atom stereocenters. The molecule has 2 fully saturated rings. The minimum atomic E-state index is -1.50. The van der Waals surface area contributed by atoms with Gasteiger partial charge in [-0.1, -0.05) is 90.5 Å². The Morgan fingerprint density at radius 2 is 1.55 bits per heavy atom. The molecule has 1 heterocycles. The number of aromatic hydroxyl groups is 1. The summed E-state index contributed by atoms with van der Waals surface area (Å²) in [5.74, 6) is -6.86. The Morgan fingerprint density at radius 3 is 2.25 bits per heavy atom. The molecular formula is C42H33NO8. The minimum absolute atomic E-state index is 0.0628. The summed E-state index contributed by atoms with van der Waals surface area (Å²) in [6, 6.07) is 28.9. The predicted molar refractivity (Wildman–Crippen MR) is 187 cm³/mol. The topological polar surface area (TPSA) is 138 Å². The molecule has 4 aliphatic rings. The lowest BCUT2D eigenvalue weighted by atomic mass is 9.44. The number of aromatic carboxylic acids is 1. The van der Waals surface area contributed by atoms with Crippen LogP contribution in [0.3, 0.4) is 0 Å². The summed E-state index contributed by atoms with van der Waals surface area (Å²) >= 11 is 0. The van der Waals surface area contributed by atoms with Gasteiger partial charge in [-0.05, 0) is 60.2 Å². The van der Waals surface area contributed by atoms with Crippen LogP contribution in [0.25, 0.3) is 5.57 Å². The number of carbonyl (C=O) groups excluding carboxylic acids is 4. The lowest BCUT2D eigenvalue weighted by Crippen LogP contribution is -2.58. The van der Waals surface area contributed by atoms with E-state index in [1.54, 1.807) is 42.5 Å². The van der Waals surface area contributed by atoms with E-state index in [-0.39, 0.29) is 52.7 Å². The number of hydrogen-bond acceptors (Lipinski definition) is 7. The van der Waals surface area contributed by atoms with Crippen LogP contribution in [0.2, 0.25) is 0 Å². The molecule has 0 radical (unpaired) electrons.